The van der Waals surface area contributed by atoms with Crippen molar-refractivity contribution in [3.8, 4) is 27.9 Å². The molecule has 1 atom stereocenters. The van der Waals surface area contributed by atoms with Crippen LogP contribution < -0.4 is 5.32 Å². The minimum atomic E-state index is 0.0214. The summed E-state index contributed by atoms with van der Waals surface area (Å²) in [5, 5.41) is 8.81. The molecule has 0 fully saturated rings. The maximum Gasteiger partial charge on any atom is 0.162 e. The highest BCUT2D eigenvalue weighted by Gasteiger charge is 2.29. The van der Waals surface area contributed by atoms with Crippen LogP contribution in [0.2, 0.25) is 0 Å². The minimum Gasteiger partial charge on any atom is -0.370 e. The van der Waals surface area contributed by atoms with E-state index in [0.717, 1.165) is 33.8 Å². The first-order valence-electron chi connectivity index (χ1n) is 16.5. The lowest BCUT2D eigenvalue weighted by Gasteiger charge is -2.28. The molecule has 4 heteroatoms. The molecule has 2 aromatic heterocycles. The van der Waals surface area contributed by atoms with Gasteiger partial charge in [-0.05, 0) is 41.5 Å². The van der Waals surface area contributed by atoms with E-state index in [-0.39, 0.29) is 6.04 Å². The van der Waals surface area contributed by atoms with Crippen LogP contribution in [0, 0.1) is 0 Å². The molecule has 4 heterocycles. The number of benzene rings is 6. The minimum absolute atomic E-state index is 0.0214. The standard InChI is InChI=1S/C44H28N4/c1-2-13-27(14-3-1)42-44(46-37-22-9-8-21-36(37)45-42)48-39-24-11-7-18-31(39)35-26-40-34(25-41(35)48)29-16-5-4-15-28(29)32-19-12-20-33-30-17-6-10-23-38(30)47(40)43(32)33/h1-26,36,45H. The maximum atomic E-state index is 5.43. The van der Waals surface area contributed by atoms with Crippen LogP contribution in [0.3, 0.4) is 0 Å². The third-order valence-corrected chi connectivity index (χ3v) is 10.3. The fourth-order valence-electron chi connectivity index (χ4n) is 8.21. The highest BCUT2D eigenvalue weighted by molar-refractivity contribution is 6.19. The highest BCUT2D eigenvalue weighted by atomic mass is 15.2. The Morgan fingerprint density at radius 2 is 1.19 bits per heavy atom. The van der Waals surface area contributed by atoms with E-state index in [2.05, 4.69) is 172 Å². The highest BCUT2D eigenvalue weighted by Crippen LogP contribution is 2.49. The predicted octanol–water partition coefficient (Wildman–Crippen LogP) is 10.4. The van der Waals surface area contributed by atoms with Crippen LogP contribution in [0.15, 0.2) is 163 Å². The number of rotatable bonds is 2. The second kappa shape index (κ2) is 9.57. The summed E-state index contributed by atoms with van der Waals surface area (Å²) in [6.07, 6.45) is 8.47. The second-order valence-electron chi connectivity index (χ2n) is 12.8. The van der Waals surface area contributed by atoms with Crippen LogP contribution in [0.4, 0.5) is 0 Å². The SMILES string of the molecule is C1=CC2=NC(n3c4ccccc4c4cc5c(cc43)-c3ccccc3-c3cccc4c6ccccc6n-5c34)=C(c3ccccc3)NC2C=C1. The van der Waals surface area contributed by atoms with Crippen molar-refractivity contribution in [2.75, 3.05) is 0 Å². The molecule has 4 nitrogen and oxygen atoms in total. The number of fused-ring (bicyclic) bond motifs is 12. The first kappa shape index (κ1) is 25.8. The van der Waals surface area contributed by atoms with Gasteiger partial charge in [0.05, 0.1) is 45.2 Å². The molecule has 0 radical (unpaired) electrons. The number of hydrogen-bond donors (Lipinski definition) is 1. The molecule has 6 aromatic carbocycles. The number of aromatic nitrogens is 2. The molecular weight excluding hydrogens is 585 g/mol. The van der Waals surface area contributed by atoms with Crippen LogP contribution in [0.25, 0.3) is 83.1 Å². The van der Waals surface area contributed by atoms with Crippen molar-refractivity contribution in [1.29, 1.82) is 0 Å². The van der Waals surface area contributed by atoms with Gasteiger partial charge in [0.15, 0.2) is 5.82 Å². The van der Waals surface area contributed by atoms with Gasteiger partial charge in [0.25, 0.3) is 0 Å². The Labute approximate surface area is 276 Å². The van der Waals surface area contributed by atoms with Gasteiger partial charge in [0.2, 0.25) is 0 Å². The van der Waals surface area contributed by atoms with Gasteiger partial charge in [-0.25, -0.2) is 4.99 Å². The first-order valence-corrected chi connectivity index (χ1v) is 16.5. The zero-order chi connectivity index (χ0) is 31.3. The molecule has 0 amide bonds. The van der Waals surface area contributed by atoms with Crippen molar-refractivity contribution in [2.24, 2.45) is 4.99 Å². The van der Waals surface area contributed by atoms with Crippen molar-refractivity contribution >= 4 is 60.8 Å². The zero-order valence-electron chi connectivity index (χ0n) is 25.9. The molecule has 224 valence electrons. The largest absolute Gasteiger partial charge is 0.370 e. The Morgan fingerprint density at radius 1 is 0.521 bits per heavy atom. The van der Waals surface area contributed by atoms with Gasteiger partial charge in [-0.2, -0.15) is 0 Å². The monoisotopic (exact) mass is 612 g/mol. The summed E-state index contributed by atoms with van der Waals surface area (Å²) in [5.74, 6) is 0.901. The smallest absolute Gasteiger partial charge is 0.162 e. The Kier molecular flexibility index (Phi) is 5.13. The first-order chi connectivity index (χ1) is 23.8. The lowest BCUT2D eigenvalue weighted by Crippen LogP contribution is -2.37. The molecule has 0 spiro atoms. The van der Waals surface area contributed by atoms with E-state index >= 15 is 0 Å². The number of aliphatic imine (C=N–C) groups is 1. The fourth-order valence-corrected chi connectivity index (χ4v) is 8.21. The Hall–Kier alpha value is -6.39. The molecule has 2 aliphatic heterocycles. The zero-order valence-corrected chi connectivity index (χ0v) is 25.9. The van der Waals surface area contributed by atoms with Gasteiger partial charge in [0, 0.05) is 38.2 Å². The van der Waals surface area contributed by atoms with Gasteiger partial charge >= 0.3 is 0 Å². The molecule has 3 aliphatic rings. The third-order valence-electron chi connectivity index (χ3n) is 10.3. The van der Waals surface area contributed by atoms with Crippen molar-refractivity contribution in [3.63, 3.8) is 0 Å². The number of hydrogen-bond acceptors (Lipinski definition) is 2. The summed E-state index contributed by atoms with van der Waals surface area (Å²) < 4.78 is 4.88. The van der Waals surface area contributed by atoms with Gasteiger partial charge in [-0.3, -0.25) is 4.57 Å². The second-order valence-corrected chi connectivity index (χ2v) is 12.8. The summed E-state index contributed by atoms with van der Waals surface area (Å²) in [7, 11) is 0. The number of allylic oxidation sites excluding steroid dienone is 2. The summed E-state index contributed by atoms with van der Waals surface area (Å²) >= 11 is 0. The van der Waals surface area contributed by atoms with Crippen molar-refractivity contribution in [2.45, 2.75) is 6.04 Å². The Balaban J connectivity index is 1.31. The summed E-state index contributed by atoms with van der Waals surface area (Å²) in [5.41, 5.74) is 14.0. The number of nitrogens with zero attached hydrogens (tertiary/aromatic N) is 3. The van der Waals surface area contributed by atoms with Gasteiger partial charge < -0.3 is 9.88 Å². The van der Waals surface area contributed by atoms with Crippen LogP contribution >= 0.6 is 0 Å². The molecule has 1 unspecified atom stereocenters. The average molecular weight is 613 g/mol. The number of para-hydroxylation sites is 3. The van der Waals surface area contributed by atoms with Crippen LogP contribution in [0.5, 0.6) is 0 Å². The normalized spacial score (nSPS) is 16.2. The molecule has 48 heavy (non-hydrogen) atoms. The summed E-state index contributed by atoms with van der Waals surface area (Å²) in [6.45, 7) is 0. The Bertz CT molecular complexity index is 2800. The average Bonchev–Trinajstić information content (AvgIpc) is 3.62. The summed E-state index contributed by atoms with van der Waals surface area (Å²) in [4.78, 5) is 5.43. The number of nitrogens with one attached hydrogen (secondary N) is 1. The van der Waals surface area contributed by atoms with E-state index in [4.69, 9.17) is 4.99 Å². The van der Waals surface area contributed by atoms with Gasteiger partial charge in [0.1, 0.15) is 0 Å². The van der Waals surface area contributed by atoms with E-state index in [1.54, 1.807) is 0 Å². The van der Waals surface area contributed by atoms with E-state index in [0.29, 0.717) is 0 Å². The molecule has 0 bridgehead atoms. The van der Waals surface area contributed by atoms with E-state index in [9.17, 15) is 0 Å². The lowest BCUT2D eigenvalue weighted by molar-refractivity contribution is 0.871. The lowest BCUT2D eigenvalue weighted by atomic mass is 9.93. The van der Waals surface area contributed by atoms with E-state index in [1.165, 1.54) is 60.5 Å². The quantitative estimate of drug-likeness (QED) is 0.207. The van der Waals surface area contributed by atoms with Crippen LogP contribution in [-0.2, 0) is 0 Å². The van der Waals surface area contributed by atoms with E-state index < -0.39 is 0 Å². The van der Waals surface area contributed by atoms with E-state index in [1.807, 2.05) is 0 Å². The van der Waals surface area contributed by atoms with Crippen molar-refractivity contribution in [3.05, 3.63) is 163 Å². The molecule has 1 N–H and O–H groups in total. The van der Waals surface area contributed by atoms with Crippen molar-refractivity contribution < 1.29 is 0 Å². The molecule has 11 rings (SSSR count). The molecule has 1 aliphatic carbocycles. The van der Waals surface area contributed by atoms with Gasteiger partial charge in [-0.1, -0.05) is 127 Å². The maximum absolute atomic E-state index is 5.43. The van der Waals surface area contributed by atoms with Crippen LogP contribution in [0.1, 0.15) is 5.56 Å². The predicted molar refractivity (Wildman–Crippen MR) is 200 cm³/mol. The molecular formula is C44H28N4. The third kappa shape index (κ3) is 3.41. The van der Waals surface area contributed by atoms with Crippen LogP contribution in [-0.4, -0.2) is 20.9 Å². The fraction of sp³-hybridized carbons (Fsp3) is 0.0227. The Morgan fingerprint density at radius 3 is 2.02 bits per heavy atom. The van der Waals surface area contributed by atoms with Gasteiger partial charge in [-0.15, -0.1) is 0 Å². The molecule has 0 saturated heterocycles. The molecule has 8 aromatic rings. The topological polar surface area (TPSA) is 34.2 Å². The molecule has 0 saturated carbocycles. The summed E-state index contributed by atoms with van der Waals surface area (Å²) in [6, 6.07) is 48.7. The van der Waals surface area contributed by atoms with Crippen molar-refractivity contribution in [1.82, 2.24) is 14.5 Å².